The van der Waals surface area contributed by atoms with Gasteiger partial charge in [0.15, 0.2) is 5.78 Å². The normalized spacial score (nSPS) is 22.8. The third-order valence-corrected chi connectivity index (χ3v) is 8.70. The average molecular weight is 695 g/mol. The summed E-state index contributed by atoms with van der Waals surface area (Å²) in [6.07, 6.45) is 5.53. The minimum atomic E-state index is 0.124. The minimum absolute atomic E-state index is 0.124. The Bertz CT molecular complexity index is 1180. The van der Waals surface area contributed by atoms with Crippen LogP contribution in [0.1, 0.15) is 24.0 Å². The van der Waals surface area contributed by atoms with E-state index in [2.05, 4.69) is 58.3 Å². The van der Waals surface area contributed by atoms with E-state index in [1.165, 1.54) is 0 Å². The standard InChI is InChI=1S/C39H54N2O9/c42-39-35(31-33-1-7-37(8-2-33)40-11-15-43-19-23-47-27-28-48-24-20-44-16-12-40)5-6-36(39)32-34-3-9-38(10-4-34)41-13-17-45-21-25-49-29-30-50-26-22-46-18-14-41/h1-4,7-10,31-32H,5-6,11-30H2/b35-31-,36-32+. The number of ketones is 1. The van der Waals surface area contributed by atoms with Crippen LogP contribution in [0.25, 0.3) is 12.2 Å². The van der Waals surface area contributed by atoms with Gasteiger partial charge in [-0.1, -0.05) is 24.3 Å². The molecule has 50 heavy (non-hydrogen) atoms. The van der Waals surface area contributed by atoms with Crippen LogP contribution < -0.4 is 9.80 Å². The highest BCUT2D eigenvalue weighted by Gasteiger charge is 2.23. The summed E-state index contributed by atoms with van der Waals surface area (Å²) in [6, 6.07) is 16.7. The molecule has 0 atom stereocenters. The highest BCUT2D eigenvalue weighted by Crippen LogP contribution is 2.30. The van der Waals surface area contributed by atoms with E-state index in [0.29, 0.717) is 106 Å². The van der Waals surface area contributed by atoms with Crippen LogP contribution in [0, 0.1) is 0 Å². The Kier molecular flexibility index (Phi) is 17.3. The summed E-state index contributed by atoms with van der Waals surface area (Å²) in [6.45, 7) is 12.2. The van der Waals surface area contributed by atoms with E-state index in [4.69, 9.17) is 37.9 Å². The van der Waals surface area contributed by atoms with Crippen molar-refractivity contribution in [2.75, 3.05) is 142 Å². The second kappa shape index (κ2) is 22.6. The molecular formula is C39H54N2O9. The summed E-state index contributed by atoms with van der Waals surface area (Å²) in [5.74, 6) is 0.124. The molecule has 2 aromatic carbocycles. The molecule has 5 rings (SSSR count). The van der Waals surface area contributed by atoms with Crippen LogP contribution in [0.2, 0.25) is 0 Å². The zero-order chi connectivity index (χ0) is 34.5. The molecule has 3 aliphatic rings. The zero-order valence-electron chi connectivity index (χ0n) is 29.4. The molecule has 2 heterocycles. The number of allylic oxidation sites excluding steroid dienone is 2. The Morgan fingerprint density at radius 2 is 0.640 bits per heavy atom. The number of carbonyl (C=O) groups excluding carboxylic acids is 1. The molecule has 2 aliphatic heterocycles. The number of Topliss-reactive ketones (excluding diaryl/α,β-unsaturated/α-hetero) is 1. The summed E-state index contributed by atoms with van der Waals surface area (Å²) in [5.41, 5.74) is 5.91. The van der Waals surface area contributed by atoms with Gasteiger partial charge in [0.05, 0.1) is 106 Å². The van der Waals surface area contributed by atoms with Crippen LogP contribution in [0.15, 0.2) is 59.7 Å². The van der Waals surface area contributed by atoms with Crippen LogP contribution in [0.5, 0.6) is 0 Å². The summed E-state index contributed by atoms with van der Waals surface area (Å²) in [7, 11) is 0. The number of ether oxygens (including phenoxy) is 8. The quantitative estimate of drug-likeness (QED) is 0.429. The van der Waals surface area contributed by atoms with Crippen LogP contribution in [0.3, 0.4) is 0 Å². The van der Waals surface area contributed by atoms with Gasteiger partial charge in [0.1, 0.15) is 0 Å². The molecule has 0 unspecified atom stereocenters. The fourth-order valence-corrected chi connectivity index (χ4v) is 5.91. The van der Waals surface area contributed by atoms with Crippen LogP contribution >= 0.6 is 0 Å². The van der Waals surface area contributed by atoms with E-state index in [-0.39, 0.29) is 5.78 Å². The molecular weight excluding hydrogens is 640 g/mol. The predicted octanol–water partition coefficient (Wildman–Crippen LogP) is 4.29. The van der Waals surface area contributed by atoms with Gasteiger partial charge in [-0.3, -0.25) is 4.79 Å². The molecule has 2 aromatic rings. The first-order valence-corrected chi connectivity index (χ1v) is 18.0. The van der Waals surface area contributed by atoms with Crippen molar-refractivity contribution >= 4 is 29.3 Å². The second-order valence-electron chi connectivity index (χ2n) is 12.2. The molecule has 11 nitrogen and oxygen atoms in total. The molecule has 2 saturated heterocycles. The van der Waals surface area contributed by atoms with E-state index in [9.17, 15) is 4.79 Å². The van der Waals surface area contributed by atoms with Crippen LogP contribution in [-0.4, -0.2) is 138 Å². The fraction of sp³-hybridized carbons (Fsp3) is 0.564. The number of nitrogens with zero attached hydrogens (tertiary/aromatic N) is 2. The van der Waals surface area contributed by atoms with Gasteiger partial charge in [0.25, 0.3) is 0 Å². The first-order chi connectivity index (χ1) is 24.8. The molecule has 274 valence electrons. The summed E-state index contributed by atoms with van der Waals surface area (Å²) in [4.78, 5) is 17.9. The first kappa shape index (κ1) is 38.1. The molecule has 0 N–H and O–H groups in total. The fourth-order valence-electron chi connectivity index (χ4n) is 5.91. The predicted molar refractivity (Wildman–Crippen MR) is 194 cm³/mol. The SMILES string of the molecule is O=C1/C(=C\c2ccc(N3CCOCCOCCOCCOCC3)cc2)CC/C1=C\c1ccc(N2CCOCCOCCOCCOCC2)cc1. The maximum atomic E-state index is 13.4. The molecule has 3 fully saturated rings. The third kappa shape index (κ3) is 13.5. The minimum Gasteiger partial charge on any atom is -0.377 e. The van der Waals surface area contributed by atoms with Gasteiger partial charge in [0.2, 0.25) is 0 Å². The topological polar surface area (TPSA) is 97.4 Å². The van der Waals surface area contributed by atoms with Gasteiger partial charge in [-0.25, -0.2) is 0 Å². The van der Waals surface area contributed by atoms with Crippen LogP contribution in [-0.2, 0) is 42.7 Å². The lowest BCUT2D eigenvalue weighted by Crippen LogP contribution is -2.31. The monoisotopic (exact) mass is 694 g/mol. The number of rotatable bonds is 4. The highest BCUT2D eigenvalue weighted by molar-refractivity contribution is 6.15. The van der Waals surface area contributed by atoms with Crippen LogP contribution in [0.4, 0.5) is 11.4 Å². The van der Waals surface area contributed by atoms with Crippen molar-refractivity contribution < 1.29 is 42.7 Å². The first-order valence-electron chi connectivity index (χ1n) is 18.0. The van der Waals surface area contributed by atoms with Crippen molar-refractivity contribution in [3.05, 3.63) is 70.8 Å². The number of carbonyl (C=O) groups is 1. The number of anilines is 2. The smallest absolute Gasteiger partial charge is 0.185 e. The van der Waals surface area contributed by atoms with Crippen molar-refractivity contribution in [2.24, 2.45) is 0 Å². The van der Waals surface area contributed by atoms with Gasteiger partial charge in [-0.05, 0) is 60.4 Å². The lowest BCUT2D eigenvalue weighted by Gasteiger charge is -2.25. The van der Waals surface area contributed by atoms with Crippen molar-refractivity contribution in [1.82, 2.24) is 0 Å². The van der Waals surface area contributed by atoms with E-state index < -0.39 is 0 Å². The van der Waals surface area contributed by atoms with E-state index in [1.54, 1.807) is 0 Å². The van der Waals surface area contributed by atoms with Crippen molar-refractivity contribution in [2.45, 2.75) is 12.8 Å². The number of hydrogen-bond acceptors (Lipinski definition) is 11. The Morgan fingerprint density at radius 1 is 0.380 bits per heavy atom. The van der Waals surface area contributed by atoms with Crippen molar-refractivity contribution in [1.29, 1.82) is 0 Å². The Hall–Kier alpha value is -3.13. The molecule has 0 amide bonds. The summed E-state index contributed by atoms with van der Waals surface area (Å²) < 4.78 is 45.3. The molecule has 1 saturated carbocycles. The number of hydrogen-bond donors (Lipinski definition) is 0. The molecule has 0 bridgehead atoms. The highest BCUT2D eigenvalue weighted by atomic mass is 16.6. The molecule has 0 spiro atoms. The lowest BCUT2D eigenvalue weighted by atomic mass is 10.1. The van der Waals surface area contributed by atoms with E-state index in [1.807, 2.05) is 12.2 Å². The van der Waals surface area contributed by atoms with Gasteiger partial charge in [-0.15, -0.1) is 0 Å². The van der Waals surface area contributed by atoms with E-state index in [0.717, 1.165) is 72.7 Å². The molecule has 11 heteroatoms. The van der Waals surface area contributed by atoms with Gasteiger partial charge >= 0.3 is 0 Å². The average Bonchev–Trinajstić information content (AvgIpc) is 3.46. The summed E-state index contributed by atoms with van der Waals surface area (Å²) >= 11 is 0. The van der Waals surface area contributed by atoms with Crippen molar-refractivity contribution in [3.63, 3.8) is 0 Å². The summed E-state index contributed by atoms with van der Waals surface area (Å²) in [5, 5.41) is 0. The maximum absolute atomic E-state index is 13.4. The van der Waals surface area contributed by atoms with Gasteiger partial charge in [-0.2, -0.15) is 0 Å². The van der Waals surface area contributed by atoms with E-state index >= 15 is 0 Å². The lowest BCUT2D eigenvalue weighted by molar-refractivity contribution is -0.111. The van der Waals surface area contributed by atoms with Gasteiger partial charge < -0.3 is 47.7 Å². The van der Waals surface area contributed by atoms with Gasteiger partial charge in [0, 0.05) is 48.7 Å². The Labute approximate surface area is 297 Å². The maximum Gasteiger partial charge on any atom is 0.185 e. The second-order valence-corrected chi connectivity index (χ2v) is 12.2. The molecule has 0 radical (unpaired) electrons. The largest absolute Gasteiger partial charge is 0.377 e. The Balaban J connectivity index is 1.15. The van der Waals surface area contributed by atoms with Crippen molar-refractivity contribution in [3.8, 4) is 0 Å². The molecule has 1 aliphatic carbocycles. The molecule has 0 aromatic heterocycles. The Morgan fingerprint density at radius 3 is 0.920 bits per heavy atom. The number of benzene rings is 2. The zero-order valence-corrected chi connectivity index (χ0v) is 29.4. The third-order valence-electron chi connectivity index (χ3n) is 8.70.